The predicted octanol–water partition coefficient (Wildman–Crippen LogP) is 0.842. The smallest absolute Gasteiger partial charge is 0.407 e. The van der Waals surface area contributed by atoms with E-state index in [-0.39, 0.29) is 5.92 Å². The molecule has 5 heteroatoms. The molecule has 0 spiro atoms. The highest BCUT2D eigenvalue weighted by molar-refractivity contribution is 5.80. The molecule has 0 unspecified atom stereocenters. The number of hydrogen-bond donors (Lipinski definition) is 2. The lowest BCUT2D eigenvalue weighted by Crippen LogP contribution is -2.44. The molecule has 2 atom stereocenters. The lowest BCUT2D eigenvalue weighted by atomic mass is 10.00. The molecule has 0 rings (SSSR count). The number of carbonyl (C=O) groups is 2. The first-order valence-corrected chi connectivity index (χ1v) is 4.10. The Labute approximate surface area is 77.1 Å². The number of carbonyl (C=O) groups excluding carboxylic acids is 1. The van der Waals surface area contributed by atoms with E-state index in [1.165, 1.54) is 7.11 Å². The highest BCUT2D eigenvalue weighted by Crippen LogP contribution is 2.07. The van der Waals surface area contributed by atoms with Gasteiger partial charge in [-0.05, 0) is 5.92 Å². The van der Waals surface area contributed by atoms with Gasteiger partial charge in [-0.1, -0.05) is 20.3 Å². The molecule has 0 aliphatic rings. The summed E-state index contributed by atoms with van der Waals surface area (Å²) < 4.78 is 4.31. The van der Waals surface area contributed by atoms with E-state index < -0.39 is 18.1 Å². The Kier molecular flexibility index (Phi) is 4.87. The summed E-state index contributed by atoms with van der Waals surface area (Å²) in [4.78, 5) is 21.4. The Bertz CT molecular complexity index is 193. The van der Waals surface area contributed by atoms with Crippen molar-refractivity contribution in [1.29, 1.82) is 0 Å². The van der Waals surface area contributed by atoms with Gasteiger partial charge in [0.15, 0.2) is 0 Å². The molecular weight excluding hydrogens is 174 g/mol. The van der Waals surface area contributed by atoms with E-state index in [2.05, 4.69) is 10.1 Å². The molecule has 0 aliphatic heterocycles. The zero-order chi connectivity index (χ0) is 10.4. The van der Waals surface area contributed by atoms with Gasteiger partial charge < -0.3 is 15.2 Å². The third-order valence-corrected chi connectivity index (χ3v) is 1.94. The number of alkyl carbamates (subject to hydrolysis) is 1. The number of rotatable bonds is 4. The summed E-state index contributed by atoms with van der Waals surface area (Å²) in [6.45, 7) is 3.62. The van der Waals surface area contributed by atoms with Gasteiger partial charge in [-0.2, -0.15) is 0 Å². The minimum Gasteiger partial charge on any atom is -0.480 e. The maximum absolute atomic E-state index is 10.8. The predicted molar refractivity (Wildman–Crippen MR) is 46.4 cm³/mol. The molecule has 0 fully saturated rings. The van der Waals surface area contributed by atoms with Crippen LogP contribution in [0, 0.1) is 5.92 Å². The molecule has 13 heavy (non-hydrogen) atoms. The van der Waals surface area contributed by atoms with Crippen molar-refractivity contribution in [3.05, 3.63) is 0 Å². The number of nitrogens with one attached hydrogen (secondary N) is 1. The van der Waals surface area contributed by atoms with E-state index in [1.54, 1.807) is 6.92 Å². The molecule has 2 N–H and O–H groups in total. The van der Waals surface area contributed by atoms with Gasteiger partial charge in [0.2, 0.25) is 0 Å². The van der Waals surface area contributed by atoms with Crippen LogP contribution < -0.4 is 5.32 Å². The fourth-order valence-electron chi connectivity index (χ4n) is 0.869. The fourth-order valence-corrected chi connectivity index (χ4v) is 0.869. The van der Waals surface area contributed by atoms with Gasteiger partial charge in [0, 0.05) is 0 Å². The second-order valence-electron chi connectivity index (χ2n) is 2.84. The lowest BCUT2D eigenvalue weighted by Gasteiger charge is -2.18. The SMILES string of the molecule is CC[C@@H](C)[C@H](NC(=O)OC)C(=O)O. The summed E-state index contributed by atoms with van der Waals surface area (Å²) in [6.07, 6.45) is -0.0336. The summed E-state index contributed by atoms with van der Waals surface area (Å²) >= 11 is 0. The van der Waals surface area contributed by atoms with Gasteiger partial charge in [0.05, 0.1) is 7.11 Å². The molecule has 0 bridgehead atoms. The Morgan fingerprint density at radius 2 is 2.08 bits per heavy atom. The first kappa shape index (κ1) is 11.7. The van der Waals surface area contributed by atoms with Gasteiger partial charge in [-0.3, -0.25) is 0 Å². The van der Waals surface area contributed by atoms with Crippen LogP contribution in [0.4, 0.5) is 4.79 Å². The molecule has 0 aliphatic carbocycles. The Morgan fingerprint density at radius 1 is 1.54 bits per heavy atom. The normalized spacial score (nSPS) is 14.4. The summed E-state index contributed by atoms with van der Waals surface area (Å²) in [5, 5.41) is 11.0. The van der Waals surface area contributed by atoms with Crippen LogP contribution in [-0.4, -0.2) is 30.3 Å². The molecule has 0 radical (unpaired) electrons. The maximum atomic E-state index is 10.8. The monoisotopic (exact) mass is 189 g/mol. The van der Waals surface area contributed by atoms with Crippen LogP contribution in [0.15, 0.2) is 0 Å². The average molecular weight is 189 g/mol. The van der Waals surface area contributed by atoms with Crippen molar-refractivity contribution in [2.75, 3.05) is 7.11 Å². The highest BCUT2D eigenvalue weighted by Gasteiger charge is 2.25. The van der Waals surface area contributed by atoms with E-state index in [9.17, 15) is 9.59 Å². The largest absolute Gasteiger partial charge is 0.480 e. The van der Waals surface area contributed by atoms with E-state index in [4.69, 9.17) is 5.11 Å². The molecule has 0 aromatic carbocycles. The van der Waals surface area contributed by atoms with E-state index in [1.807, 2.05) is 6.92 Å². The number of carboxylic acid groups (broad SMARTS) is 1. The molecule has 0 saturated heterocycles. The van der Waals surface area contributed by atoms with Crippen molar-refractivity contribution in [3.63, 3.8) is 0 Å². The van der Waals surface area contributed by atoms with Crippen LogP contribution in [0.1, 0.15) is 20.3 Å². The second kappa shape index (κ2) is 5.40. The van der Waals surface area contributed by atoms with Gasteiger partial charge >= 0.3 is 12.1 Å². The van der Waals surface area contributed by atoms with E-state index >= 15 is 0 Å². The minimum atomic E-state index is -1.04. The number of amides is 1. The maximum Gasteiger partial charge on any atom is 0.407 e. The van der Waals surface area contributed by atoms with Crippen LogP contribution in [0.2, 0.25) is 0 Å². The third kappa shape index (κ3) is 3.78. The first-order valence-electron chi connectivity index (χ1n) is 4.10. The number of carboxylic acids is 1. The van der Waals surface area contributed by atoms with E-state index in [0.717, 1.165) is 0 Å². The second-order valence-corrected chi connectivity index (χ2v) is 2.84. The molecule has 5 nitrogen and oxygen atoms in total. The van der Waals surface area contributed by atoms with Gasteiger partial charge in [-0.25, -0.2) is 9.59 Å². The zero-order valence-corrected chi connectivity index (χ0v) is 8.03. The lowest BCUT2D eigenvalue weighted by molar-refractivity contribution is -0.140. The summed E-state index contributed by atoms with van der Waals surface area (Å²) in [5.41, 5.74) is 0. The van der Waals surface area contributed by atoms with Crippen molar-refractivity contribution in [1.82, 2.24) is 5.32 Å². The summed E-state index contributed by atoms with van der Waals surface area (Å²) in [6, 6.07) is -0.877. The Balaban J connectivity index is 4.26. The first-order chi connectivity index (χ1) is 6.02. The minimum absolute atomic E-state index is 0.114. The number of aliphatic carboxylic acids is 1. The summed E-state index contributed by atoms with van der Waals surface area (Å²) in [5.74, 6) is -1.16. The standard InChI is InChI=1S/C8H15NO4/c1-4-5(2)6(7(10)11)9-8(12)13-3/h5-6H,4H2,1-3H3,(H,9,12)(H,10,11)/t5-,6+/m1/s1. The number of ether oxygens (including phenoxy) is 1. The summed E-state index contributed by atoms with van der Waals surface area (Å²) in [7, 11) is 1.20. The van der Waals surface area contributed by atoms with Crippen LogP contribution >= 0.6 is 0 Å². The quantitative estimate of drug-likeness (QED) is 0.687. The van der Waals surface area contributed by atoms with E-state index in [0.29, 0.717) is 6.42 Å². The van der Waals surface area contributed by atoms with Crippen molar-refractivity contribution in [2.24, 2.45) is 5.92 Å². The molecule has 0 heterocycles. The molecule has 76 valence electrons. The third-order valence-electron chi connectivity index (χ3n) is 1.94. The molecule has 0 saturated carbocycles. The molecule has 0 aromatic heterocycles. The zero-order valence-electron chi connectivity index (χ0n) is 8.03. The topological polar surface area (TPSA) is 75.6 Å². The fraction of sp³-hybridized carbons (Fsp3) is 0.750. The molecular formula is C8H15NO4. The Hall–Kier alpha value is -1.26. The average Bonchev–Trinajstić information content (AvgIpc) is 2.11. The van der Waals surface area contributed by atoms with Crippen molar-refractivity contribution < 1.29 is 19.4 Å². The van der Waals surface area contributed by atoms with Crippen molar-refractivity contribution in [3.8, 4) is 0 Å². The number of hydrogen-bond acceptors (Lipinski definition) is 3. The van der Waals surface area contributed by atoms with Gasteiger partial charge in [0.1, 0.15) is 6.04 Å². The van der Waals surface area contributed by atoms with Gasteiger partial charge in [0.25, 0.3) is 0 Å². The van der Waals surface area contributed by atoms with Crippen LogP contribution in [-0.2, 0) is 9.53 Å². The Morgan fingerprint density at radius 3 is 2.38 bits per heavy atom. The van der Waals surface area contributed by atoms with Crippen molar-refractivity contribution >= 4 is 12.1 Å². The van der Waals surface area contributed by atoms with Gasteiger partial charge in [-0.15, -0.1) is 0 Å². The highest BCUT2D eigenvalue weighted by atomic mass is 16.5. The van der Waals surface area contributed by atoms with Crippen LogP contribution in [0.25, 0.3) is 0 Å². The van der Waals surface area contributed by atoms with Crippen LogP contribution in [0.5, 0.6) is 0 Å². The molecule has 1 amide bonds. The van der Waals surface area contributed by atoms with Crippen molar-refractivity contribution in [2.45, 2.75) is 26.3 Å². The van der Waals surface area contributed by atoms with Crippen LogP contribution in [0.3, 0.4) is 0 Å². The number of methoxy groups -OCH3 is 1. The molecule has 0 aromatic rings.